The van der Waals surface area contributed by atoms with Gasteiger partial charge in [-0.25, -0.2) is 24.9 Å². The number of para-hydroxylation sites is 2. The molecule has 0 aliphatic heterocycles. The van der Waals surface area contributed by atoms with Crippen molar-refractivity contribution in [1.29, 1.82) is 0 Å². The normalized spacial score (nSPS) is 11.6. The topological polar surface area (TPSA) is 68.9 Å². The van der Waals surface area contributed by atoms with Crippen LogP contribution in [0.15, 0.2) is 146 Å². The van der Waals surface area contributed by atoms with Crippen LogP contribution in [0.1, 0.15) is 0 Å². The zero-order valence-electron chi connectivity index (χ0n) is 24.0. The summed E-state index contributed by atoms with van der Waals surface area (Å²) in [7, 11) is 0. The van der Waals surface area contributed by atoms with Crippen LogP contribution in [0, 0.1) is 0 Å². The van der Waals surface area contributed by atoms with Gasteiger partial charge >= 0.3 is 0 Å². The van der Waals surface area contributed by atoms with Gasteiger partial charge in [0.15, 0.2) is 11.6 Å². The molecule has 0 aliphatic rings. The van der Waals surface area contributed by atoms with Gasteiger partial charge in [-0.1, -0.05) is 103 Å². The Morgan fingerprint density at radius 2 is 1.11 bits per heavy atom. The molecule has 5 aromatic carbocycles. The molecular weight excluding hydrogens is 552 g/mol. The van der Waals surface area contributed by atoms with Crippen LogP contribution in [0.3, 0.4) is 0 Å². The third kappa shape index (κ3) is 4.23. The highest BCUT2D eigenvalue weighted by Gasteiger charge is 2.19. The number of nitrogens with zero attached hydrogens (tertiary/aromatic N) is 6. The van der Waals surface area contributed by atoms with Crippen molar-refractivity contribution in [3.63, 3.8) is 0 Å². The Bertz CT molecular complexity index is 2460. The average Bonchev–Trinajstić information content (AvgIpc) is 3.51. The molecule has 0 atom stereocenters. The summed E-state index contributed by atoms with van der Waals surface area (Å²) in [4.78, 5) is 25.0. The van der Waals surface area contributed by atoms with Gasteiger partial charge < -0.3 is 0 Å². The Morgan fingerprint density at radius 3 is 1.84 bits per heavy atom. The Hall–Kier alpha value is -6.27. The summed E-state index contributed by atoms with van der Waals surface area (Å²) in [5.74, 6) is 1.18. The first-order valence-electron chi connectivity index (χ1n) is 14.8. The maximum atomic E-state index is 5.14. The van der Waals surface area contributed by atoms with Crippen molar-refractivity contribution in [2.45, 2.75) is 0 Å². The molecule has 6 heteroatoms. The number of rotatable bonds is 4. The molecule has 0 bridgehead atoms. The number of aromatic nitrogens is 6. The van der Waals surface area contributed by atoms with Gasteiger partial charge in [0.1, 0.15) is 5.65 Å². The van der Waals surface area contributed by atoms with E-state index in [0.29, 0.717) is 11.6 Å². The average molecular weight is 577 g/mol. The zero-order valence-corrected chi connectivity index (χ0v) is 24.0. The molecule has 0 N–H and O–H groups in total. The molecular formula is C39H24N6. The lowest BCUT2D eigenvalue weighted by Crippen LogP contribution is -2.02. The second-order valence-corrected chi connectivity index (χ2v) is 11.0. The van der Waals surface area contributed by atoms with E-state index in [4.69, 9.17) is 24.9 Å². The molecule has 0 saturated heterocycles. The lowest BCUT2D eigenvalue weighted by Gasteiger charge is -2.12. The summed E-state index contributed by atoms with van der Waals surface area (Å²) in [6.45, 7) is 0. The highest BCUT2D eigenvalue weighted by molar-refractivity contribution is 6.14. The fourth-order valence-corrected chi connectivity index (χ4v) is 6.11. The first-order chi connectivity index (χ1) is 22.3. The largest absolute Gasteiger partial charge is 0.273 e. The van der Waals surface area contributed by atoms with Gasteiger partial charge in [0.2, 0.25) is 0 Å². The summed E-state index contributed by atoms with van der Waals surface area (Å²) in [6.07, 6.45) is 3.75. The fourth-order valence-electron chi connectivity index (χ4n) is 6.11. The second-order valence-electron chi connectivity index (χ2n) is 11.0. The molecule has 0 amide bonds. The highest BCUT2D eigenvalue weighted by atomic mass is 15.1. The van der Waals surface area contributed by atoms with E-state index in [1.54, 1.807) is 0 Å². The molecule has 0 spiro atoms. The van der Waals surface area contributed by atoms with Crippen molar-refractivity contribution < 1.29 is 0 Å². The Labute approximate surface area is 258 Å². The molecule has 6 nitrogen and oxygen atoms in total. The van der Waals surface area contributed by atoms with Crippen LogP contribution < -0.4 is 0 Å². The van der Waals surface area contributed by atoms with Crippen LogP contribution in [-0.2, 0) is 0 Å². The van der Waals surface area contributed by atoms with Crippen LogP contribution in [0.2, 0.25) is 0 Å². The van der Waals surface area contributed by atoms with Crippen molar-refractivity contribution in [3.05, 3.63) is 146 Å². The van der Waals surface area contributed by atoms with Crippen molar-refractivity contribution in [3.8, 4) is 45.3 Å². The summed E-state index contributed by atoms with van der Waals surface area (Å²) in [5.41, 5.74) is 9.34. The van der Waals surface area contributed by atoms with E-state index in [-0.39, 0.29) is 0 Å². The Morgan fingerprint density at radius 1 is 0.467 bits per heavy atom. The van der Waals surface area contributed by atoms with Crippen molar-refractivity contribution in [2.75, 3.05) is 0 Å². The number of pyridine rings is 1. The Balaban J connectivity index is 1.23. The van der Waals surface area contributed by atoms with E-state index in [1.165, 1.54) is 0 Å². The molecule has 0 saturated carbocycles. The lowest BCUT2D eigenvalue weighted by molar-refractivity contribution is 1.07. The zero-order chi connectivity index (χ0) is 29.7. The molecule has 9 aromatic rings. The van der Waals surface area contributed by atoms with Crippen LogP contribution in [0.4, 0.5) is 0 Å². The monoisotopic (exact) mass is 576 g/mol. The highest BCUT2D eigenvalue weighted by Crippen LogP contribution is 2.34. The minimum atomic E-state index is 0.530. The van der Waals surface area contributed by atoms with Gasteiger partial charge in [0.25, 0.3) is 0 Å². The quantitative estimate of drug-likeness (QED) is 0.196. The van der Waals surface area contributed by atoms with E-state index in [9.17, 15) is 0 Å². The SMILES string of the molecule is c1ccc(-c2cc(-c3cnc(-c4nc5ccc6ccccc6c5c5nc6ccccc6n45)nc3)cc(-c3ccccc3)n2)cc1. The van der Waals surface area contributed by atoms with Crippen LogP contribution >= 0.6 is 0 Å². The number of hydrogen-bond donors (Lipinski definition) is 0. The second kappa shape index (κ2) is 10.2. The number of hydrogen-bond acceptors (Lipinski definition) is 5. The van der Waals surface area contributed by atoms with Gasteiger partial charge in [-0.15, -0.1) is 0 Å². The summed E-state index contributed by atoms with van der Waals surface area (Å²) >= 11 is 0. The predicted molar refractivity (Wildman–Crippen MR) is 181 cm³/mol. The van der Waals surface area contributed by atoms with Crippen LogP contribution in [-0.4, -0.2) is 29.3 Å². The fraction of sp³-hybridized carbons (Fsp3) is 0. The van der Waals surface area contributed by atoms with Crippen LogP contribution in [0.25, 0.3) is 83.6 Å². The van der Waals surface area contributed by atoms with E-state index >= 15 is 0 Å². The minimum Gasteiger partial charge on any atom is -0.273 e. The van der Waals surface area contributed by atoms with Crippen molar-refractivity contribution in [1.82, 2.24) is 29.3 Å². The summed E-state index contributed by atoms with van der Waals surface area (Å²) in [6, 6.07) is 45.3. The first-order valence-corrected chi connectivity index (χ1v) is 14.8. The molecule has 4 heterocycles. The predicted octanol–water partition coefficient (Wildman–Crippen LogP) is 9.04. The number of imidazole rings is 1. The smallest absolute Gasteiger partial charge is 0.196 e. The van der Waals surface area contributed by atoms with Gasteiger partial charge in [-0.05, 0) is 46.7 Å². The summed E-state index contributed by atoms with van der Waals surface area (Å²) in [5, 5.41) is 3.28. The van der Waals surface area contributed by atoms with Gasteiger partial charge in [-0.3, -0.25) is 4.40 Å². The molecule has 0 aliphatic carbocycles. The molecule has 9 rings (SSSR count). The Kier molecular flexibility index (Phi) is 5.71. The van der Waals surface area contributed by atoms with E-state index in [1.807, 2.05) is 67.0 Å². The number of fused-ring (bicyclic) bond motifs is 7. The summed E-state index contributed by atoms with van der Waals surface area (Å²) < 4.78 is 2.09. The standard InChI is InChI=1S/C39H24N6/c1-3-12-26(13-4-1)33-21-28(22-34(42-33)27-14-5-2-6-15-27)29-23-40-37(41-24-29)39-44-32-20-19-25-11-7-8-16-30(25)36(32)38-43-31-17-9-10-18-35(31)45(38)39/h1-24H. The molecule has 0 unspecified atom stereocenters. The minimum absolute atomic E-state index is 0.530. The van der Waals surface area contributed by atoms with E-state index < -0.39 is 0 Å². The van der Waals surface area contributed by atoms with Gasteiger partial charge in [-0.2, -0.15) is 0 Å². The third-order valence-corrected chi connectivity index (χ3v) is 8.28. The van der Waals surface area contributed by atoms with Crippen LogP contribution in [0.5, 0.6) is 0 Å². The van der Waals surface area contributed by atoms with E-state index in [2.05, 4.69) is 83.3 Å². The van der Waals surface area contributed by atoms with Gasteiger partial charge in [0, 0.05) is 29.1 Å². The molecule has 45 heavy (non-hydrogen) atoms. The van der Waals surface area contributed by atoms with Crippen molar-refractivity contribution >= 4 is 38.4 Å². The number of benzene rings is 5. The lowest BCUT2D eigenvalue weighted by atomic mass is 10.0. The van der Waals surface area contributed by atoms with E-state index in [0.717, 1.165) is 72.0 Å². The molecule has 4 aromatic heterocycles. The van der Waals surface area contributed by atoms with Crippen molar-refractivity contribution in [2.24, 2.45) is 0 Å². The maximum absolute atomic E-state index is 5.14. The molecule has 0 fully saturated rings. The first kappa shape index (κ1) is 25.2. The van der Waals surface area contributed by atoms with Gasteiger partial charge in [0.05, 0.1) is 33.3 Å². The molecule has 210 valence electrons. The molecule has 0 radical (unpaired) electrons. The maximum Gasteiger partial charge on any atom is 0.196 e. The third-order valence-electron chi connectivity index (χ3n) is 8.28.